The van der Waals surface area contributed by atoms with E-state index in [0.717, 1.165) is 164 Å². The van der Waals surface area contributed by atoms with E-state index in [1.165, 1.54) is 6.20 Å². The van der Waals surface area contributed by atoms with E-state index >= 15 is 0 Å². The van der Waals surface area contributed by atoms with Gasteiger partial charge in [0.2, 0.25) is 0 Å². The summed E-state index contributed by atoms with van der Waals surface area (Å²) < 4.78 is 26.7. The second-order valence-corrected chi connectivity index (χ2v) is 25.6. The van der Waals surface area contributed by atoms with E-state index in [0.29, 0.717) is 30.6 Å². The van der Waals surface area contributed by atoms with E-state index in [1.807, 2.05) is 124 Å². The van der Waals surface area contributed by atoms with Crippen molar-refractivity contribution in [2.45, 2.75) is 105 Å². The summed E-state index contributed by atoms with van der Waals surface area (Å²) in [7, 11) is 15.3. The SMILES string of the molecule is CC1=NCc2ncc(-c3cncc(CCCN(C)C)n3)cc21.CN(C)CCNc1cncc(Cl)n1.COc1ccc(Cn2nc(C)c3cc(-c4cncc(CCCN(C)C)n4)cnc32)cc1.COc1ccc(Cn2nc(C)c3cc(B4OC(C)(C)C(C)(C)O4)cnc32)cc1. The van der Waals surface area contributed by atoms with Gasteiger partial charge in [-0.1, -0.05) is 35.9 Å². The first-order valence-corrected chi connectivity index (χ1v) is 32.0. The number of hydrogen-bond acceptors (Lipinski definition) is 20. The molecule has 2 aliphatic heterocycles. The Morgan fingerprint density at radius 2 is 1.06 bits per heavy atom. The van der Waals surface area contributed by atoms with Gasteiger partial charge in [0.05, 0.1) is 110 Å². The number of aromatic nitrogens is 13. The summed E-state index contributed by atoms with van der Waals surface area (Å²) in [5.74, 6) is 2.41. The third-order valence-corrected chi connectivity index (χ3v) is 16.6. The summed E-state index contributed by atoms with van der Waals surface area (Å²) in [6.45, 7) is 20.1. The summed E-state index contributed by atoms with van der Waals surface area (Å²) >= 11 is 5.66. The Kier molecular flexibility index (Phi) is 23.7. The molecule has 0 bridgehead atoms. The molecule has 0 aliphatic carbocycles. The van der Waals surface area contributed by atoms with Crippen molar-refractivity contribution in [2.24, 2.45) is 4.99 Å². The first-order chi connectivity index (χ1) is 45.0. The lowest BCUT2D eigenvalue weighted by atomic mass is 9.80. The van der Waals surface area contributed by atoms with Crippen molar-refractivity contribution in [3.8, 4) is 34.0 Å². The van der Waals surface area contributed by atoms with Gasteiger partial charge in [0.1, 0.15) is 22.5 Å². The number of ether oxygens (including phenoxy) is 2. The lowest BCUT2D eigenvalue weighted by Gasteiger charge is -2.32. The molecule has 1 N–H and O–H groups in total. The summed E-state index contributed by atoms with van der Waals surface area (Å²) in [5.41, 5.74) is 15.1. The molecule has 1 fully saturated rings. The quantitative estimate of drug-likeness (QED) is 0.0661. The van der Waals surface area contributed by atoms with E-state index in [-0.39, 0.29) is 11.2 Å². The smallest absolute Gasteiger partial charge is 0.496 e. The second-order valence-electron chi connectivity index (χ2n) is 25.2. The zero-order chi connectivity index (χ0) is 67.1. The number of hydrogen-bond donors (Lipinski definition) is 1. The number of nitrogens with zero attached hydrogens (tertiary/aromatic N) is 17. The average molecular weight is 1290 g/mol. The molecule has 94 heavy (non-hydrogen) atoms. The number of rotatable bonds is 21. The number of methoxy groups -OCH3 is 2. The van der Waals surface area contributed by atoms with Gasteiger partial charge in [-0.3, -0.25) is 24.9 Å². The highest BCUT2D eigenvalue weighted by Gasteiger charge is 2.52. The minimum atomic E-state index is -0.425. The van der Waals surface area contributed by atoms with E-state index in [9.17, 15) is 0 Å². The van der Waals surface area contributed by atoms with Crippen LogP contribution in [0.3, 0.4) is 0 Å². The molecule has 2 aliphatic rings. The molecule has 22 nitrogen and oxygen atoms in total. The van der Waals surface area contributed by atoms with Gasteiger partial charge < -0.3 is 38.8 Å². The largest absolute Gasteiger partial charge is 0.497 e. The van der Waals surface area contributed by atoms with Crippen LogP contribution in [0.4, 0.5) is 5.82 Å². The van der Waals surface area contributed by atoms with Crippen LogP contribution in [0.5, 0.6) is 11.5 Å². The Morgan fingerprint density at radius 1 is 0.574 bits per heavy atom. The number of anilines is 1. The predicted molar refractivity (Wildman–Crippen MR) is 374 cm³/mol. The predicted octanol–water partition coefficient (Wildman–Crippen LogP) is 10.3. The molecule has 2 aromatic carbocycles. The third-order valence-electron chi connectivity index (χ3n) is 16.4. The van der Waals surface area contributed by atoms with E-state index in [1.54, 1.807) is 32.8 Å². The molecule has 0 amide bonds. The highest BCUT2D eigenvalue weighted by atomic mass is 35.5. The topological polar surface area (TPSA) is 223 Å². The van der Waals surface area contributed by atoms with Crippen LogP contribution in [0.2, 0.25) is 5.15 Å². The van der Waals surface area contributed by atoms with Gasteiger partial charge in [0.25, 0.3) is 0 Å². The summed E-state index contributed by atoms with van der Waals surface area (Å²) in [6, 6.07) is 22.3. The highest BCUT2D eigenvalue weighted by molar-refractivity contribution is 6.62. The zero-order valence-corrected chi connectivity index (χ0v) is 57.8. The fourth-order valence-electron chi connectivity index (χ4n) is 10.4. The van der Waals surface area contributed by atoms with Crippen LogP contribution in [0.1, 0.15) is 92.6 Å². The van der Waals surface area contributed by atoms with Crippen molar-refractivity contribution in [3.05, 3.63) is 173 Å². The van der Waals surface area contributed by atoms with E-state index in [4.69, 9.17) is 55.5 Å². The Bertz CT molecular complexity index is 4140. The van der Waals surface area contributed by atoms with Crippen molar-refractivity contribution < 1.29 is 18.8 Å². The van der Waals surface area contributed by atoms with Crippen molar-refractivity contribution in [3.63, 3.8) is 0 Å². The molecule has 10 aromatic rings. The van der Waals surface area contributed by atoms with Crippen LogP contribution in [0.25, 0.3) is 44.6 Å². The van der Waals surface area contributed by atoms with Crippen molar-refractivity contribution in [1.82, 2.24) is 79.1 Å². The van der Waals surface area contributed by atoms with Gasteiger partial charge >= 0.3 is 7.12 Å². The normalized spacial score (nSPS) is 13.7. The van der Waals surface area contributed by atoms with Crippen LogP contribution in [0.15, 0.2) is 127 Å². The van der Waals surface area contributed by atoms with Crippen molar-refractivity contribution in [2.75, 3.05) is 88.0 Å². The number of likely N-dealkylation sites (N-methyl/N-ethyl adjacent to an activating group) is 1. The van der Waals surface area contributed by atoms with Crippen LogP contribution >= 0.6 is 11.6 Å². The molecule has 12 rings (SSSR count). The Labute approximate surface area is 557 Å². The minimum absolute atomic E-state index is 0.375. The maximum Gasteiger partial charge on any atom is 0.496 e. The molecular formula is C70H88BClN18O4. The number of aliphatic imine (C=N–C) groups is 1. The summed E-state index contributed by atoms with van der Waals surface area (Å²) in [5, 5.41) is 15.0. The minimum Gasteiger partial charge on any atom is -0.497 e. The van der Waals surface area contributed by atoms with Gasteiger partial charge in [-0.2, -0.15) is 10.2 Å². The molecule has 0 unspecified atom stereocenters. The van der Waals surface area contributed by atoms with Crippen LogP contribution in [-0.4, -0.2) is 186 Å². The maximum absolute atomic E-state index is 6.16. The summed E-state index contributed by atoms with van der Waals surface area (Å²) in [4.78, 5) is 51.0. The molecule has 8 aromatic heterocycles. The molecule has 0 spiro atoms. The first-order valence-electron chi connectivity index (χ1n) is 31.6. The second kappa shape index (κ2) is 32.0. The monoisotopic (exact) mass is 1290 g/mol. The molecule has 492 valence electrons. The molecule has 0 saturated carbocycles. The molecule has 0 radical (unpaired) electrons. The van der Waals surface area contributed by atoms with E-state index in [2.05, 4.69) is 129 Å². The number of nitrogens with one attached hydrogen (secondary N) is 1. The lowest BCUT2D eigenvalue weighted by Crippen LogP contribution is -2.41. The molecule has 10 heterocycles. The fraction of sp³-hybridized carbons (Fsp3) is 0.400. The lowest BCUT2D eigenvalue weighted by molar-refractivity contribution is 0.00578. The van der Waals surface area contributed by atoms with Gasteiger partial charge in [0, 0.05) is 82.7 Å². The van der Waals surface area contributed by atoms with Crippen molar-refractivity contribution >= 4 is 57.8 Å². The molecule has 1 saturated heterocycles. The molecular weight excluding hydrogens is 1200 g/mol. The number of benzene rings is 2. The average Bonchev–Trinajstić information content (AvgIpc) is 1.63. The van der Waals surface area contributed by atoms with E-state index < -0.39 is 7.12 Å². The standard InChI is InChI=1S/C24H28N6O.C21H26BN3O3.C17H21N5.C8H13ClN4/c1-17-22-12-19(23-15-25-14-20(27-23)6-5-11-29(2)3)13-26-24(22)30(28-17)16-18-7-9-21(31-4)10-8-18;1-14-18-11-16(22-27-20(2,3)21(4,5)28-22)12-23-19(18)25(24-14)13-15-7-9-17(26-6)10-8-15;1-12-15-7-13(8-20-17(15)11-19-12)16-10-18-9-14(21-16)5-4-6-22(2)3;1-13(2)4-3-11-8-6-10-5-7(9)12-8/h7-10,12-15H,5-6,11,16H2,1-4H3;7-12H,13H2,1-6H3;7-10H,4-6,11H2,1-3H3;5-6H,3-4H2,1-2H3,(H,11,12). The number of aryl methyl sites for hydroxylation is 4. The third kappa shape index (κ3) is 18.6. The Balaban J connectivity index is 0.000000153. The molecule has 24 heteroatoms. The van der Waals surface area contributed by atoms with Gasteiger partial charge in [-0.15, -0.1) is 0 Å². The van der Waals surface area contributed by atoms with Crippen molar-refractivity contribution in [1.29, 1.82) is 0 Å². The maximum atomic E-state index is 6.16. The Hall–Kier alpha value is -8.71. The molecule has 0 atom stereocenters. The van der Waals surface area contributed by atoms with Gasteiger partial charge in [0.15, 0.2) is 11.3 Å². The highest BCUT2D eigenvalue weighted by Crippen LogP contribution is 2.37. The first kappa shape index (κ1) is 69.6. The van der Waals surface area contributed by atoms with Crippen LogP contribution < -0.4 is 20.3 Å². The van der Waals surface area contributed by atoms with Gasteiger partial charge in [-0.05, 0) is 183 Å². The van der Waals surface area contributed by atoms with Gasteiger partial charge in [-0.25, -0.2) is 34.3 Å². The zero-order valence-electron chi connectivity index (χ0n) is 57.0. The number of pyridine rings is 3. The number of fused-ring (bicyclic) bond motifs is 3. The van der Waals surface area contributed by atoms with Crippen LogP contribution in [-0.2, 0) is 41.8 Å². The fourth-order valence-corrected chi connectivity index (χ4v) is 10.5. The van der Waals surface area contributed by atoms with Crippen LogP contribution in [0, 0.1) is 13.8 Å². The number of halogens is 1. The Morgan fingerprint density at radius 3 is 1.57 bits per heavy atom. The summed E-state index contributed by atoms with van der Waals surface area (Å²) in [6.07, 6.45) is 20.0.